The SMILES string of the molecule is Cc1nn(C)c(C)c1S(=O)(=O)Nc1cnc(N2CCN(c3ccccn3)CC2)nc1. The second kappa shape index (κ2) is 7.90. The van der Waals surface area contributed by atoms with Crippen LogP contribution in [0.5, 0.6) is 0 Å². The zero-order chi connectivity index (χ0) is 21.3. The maximum absolute atomic E-state index is 12.8. The average Bonchev–Trinajstić information content (AvgIpc) is 3.01. The van der Waals surface area contributed by atoms with E-state index in [1.807, 2.05) is 18.2 Å². The zero-order valence-corrected chi connectivity index (χ0v) is 18.0. The molecule has 30 heavy (non-hydrogen) atoms. The summed E-state index contributed by atoms with van der Waals surface area (Å²) in [5.74, 6) is 1.54. The van der Waals surface area contributed by atoms with Gasteiger partial charge in [-0.25, -0.2) is 23.4 Å². The summed E-state index contributed by atoms with van der Waals surface area (Å²) in [4.78, 5) is 17.6. The van der Waals surface area contributed by atoms with Gasteiger partial charge in [-0.3, -0.25) is 9.40 Å². The third-order valence-electron chi connectivity index (χ3n) is 5.14. The highest BCUT2D eigenvalue weighted by Crippen LogP contribution is 2.22. The van der Waals surface area contributed by atoms with Crippen molar-refractivity contribution >= 4 is 27.5 Å². The molecule has 0 aliphatic carbocycles. The Bertz CT molecular complexity index is 1120. The van der Waals surface area contributed by atoms with Crippen LogP contribution in [-0.2, 0) is 17.1 Å². The number of sulfonamides is 1. The van der Waals surface area contributed by atoms with Crippen LogP contribution in [0.4, 0.5) is 17.5 Å². The highest BCUT2D eigenvalue weighted by atomic mass is 32.2. The Balaban J connectivity index is 1.42. The molecule has 0 radical (unpaired) electrons. The van der Waals surface area contributed by atoms with Crippen molar-refractivity contribution in [3.8, 4) is 0 Å². The van der Waals surface area contributed by atoms with E-state index in [0.29, 0.717) is 23.0 Å². The maximum Gasteiger partial charge on any atom is 0.265 e. The highest BCUT2D eigenvalue weighted by molar-refractivity contribution is 7.92. The van der Waals surface area contributed by atoms with Gasteiger partial charge in [0, 0.05) is 39.4 Å². The van der Waals surface area contributed by atoms with Crippen LogP contribution in [-0.4, -0.2) is 59.3 Å². The van der Waals surface area contributed by atoms with Gasteiger partial charge >= 0.3 is 0 Å². The Morgan fingerprint density at radius 1 is 0.967 bits per heavy atom. The van der Waals surface area contributed by atoms with E-state index < -0.39 is 10.0 Å². The molecule has 158 valence electrons. The molecule has 4 rings (SSSR count). The molecular formula is C19H24N8O2S. The molecule has 10 nitrogen and oxygen atoms in total. The van der Waals surface area contributed by atoms with Gasteiger partial charge in [-0.05, 0) is 26.0 Å². The van der Waals surface area contributed by atoms with E-state index in [1.165, 1.54) is 12.4 Å². The molecule has 0 bridgehead atoms. The molecule has 0 spiro atoms. The molecule has 1 aliphatic rings. The molecule has 0 unspecified atom stereocenters. The first-order chi connectivity index (χ1) is 14.3. The van der Waals surface area contributed by atoms with Crippen LogP contribution in [0.15, 0.2) is 41.7 Å². The highest BCUT2D eigenvalue weighted by Gasteiger charge is 2.24. The lowest BCUT2D eigenvalue weighted by atomic mass is 10.3. The van der Waals surface area contributed by atoms with Crippen LogP contribution in [0.2, 0.25) is 0 Å². The molecule has 1 saturated heterocycles. The lowest BCUT2D eigenvalue weighted by Crippen LogP contribution is -2.47. The van der Waals surface area contributed by atoms with Crippen molar-refractivity contribution in [3.05, 3.63) is 48.2 Å². The Morgan fingerprint density at radius 2 is 1.63 bits per heavy atom. The minimum absolute atomic E-state index is 0.180. The molecule has 3 aromatic rings. The van der Waals surface area contributed by atoms with Crippen LogP contribution in [0.1, 0.15) is 11.4 Å². The monoisotopic (exact) mass is 428 g/mol. The van der Waals surface area contributed by atoms with Crippen molar-refractivity contribution in [1.29, 1.82) is 0 Å². The van der Waals surface area contributed by atoms with E-state index in [4.69, 9.17) is 0 Å². The second-order valence-corrected chi connectivity index (χ2v) is 8.78. The van der Waals surface area contributed by atoms with E-state index >= 15 is 0 Å². The fourth-order valence-electron chi connectivity index (χ4n) is 3.56. The number of aromatic nitrogens is 5. The third kappa shape index (κ3) is 3.92. The van der Waals surface area contributed by atoms with E-state index in [9.17, 15) is 8.42 Å². The van der Waals surface area contributed by atoms with Gasteiger partial charge in [0.15, 0.2) is 0 Å². The second-order valence-electron chi connectivity index (χ2n) is 7.16. The number of nitrogens with one attached hydrogen (secondary N) is 1. The third-order valence-corrected chi connectivity index (χ3v) is 6.77. The lowest BCUT2D eigenvalue weighted by molar-refractivity contribution is 0.599. The summed E-state index contributed by atoms with van der Waals surface area (Å²) < 4.78 is 29.6. The standard InChI is InChI=1S/C19H24N8O2S/c1-14-18(15(2)25(3)23-14)30(28,29)24-16-12-21-19(22-13-16)27-10-8-26(9-11-27)17-6-4-5-7-20-17/h4-7,12-13,24H,8-11H2,1-3H3. The van der Waals surface area contributed by atoms with Crippen LogP contribution in [0.3, 0.4) is 0 Å². The van der Waals surface area contributed by atoms with Crippen molar-refractivity contribution in [1.82, 2.24) is 24.7 Å². The van der Waals surface area contributed by atoms with Crippen LogP contribution in [0, 0.1) is 13.8 Å². The summed E-state index contributed by atoms with van der Waals surface area (Å²) in [6.07, 6.45) is 4.77. The Morgan fingerprint density at radius 3 is 2.20 bits per heavy atom. The smallest absolute Gasteiger partial charge is 0.265 e. The van der Waals surface area contributed by atoms with Crippen molar-refractivity contribution < 1.29 is 8.42 Å². The van der Waals surface area contributed by atoms with Gasteiger partial charge in [0.05, 0.1) is 29.5 Å². The Kier molecular flexibility index (Phi) is 5.29. The minimum Gasteiger partial charge on any atom is -0.353 e. The van der Waals surface area contributed by atoms with Gasteiger partial charge in [-0.2, -0.15) is 5.10 Å². The van der Waals surface area contributed by atoms with Gasteiger partial charge in [0.25, 0.3) is 10.0 Å². The van der Waals surface area contributed by atoms with E-state index in [2.05, 4.69) is 34.6 Å². The van der Waals surface area contributed by atoms with Crippen LogP contribution < -0.4 is 14.5 Å². The zero-order valence-electron chi connectivity index (χ0n) is 17.1. The van der Waals surface area contributed by atoms with E-state index in [0.717, 1.165) is 32.0 Å². The number of piperazine rings is 1. The summed E-state index contributed by atoms with van der Waals surface area (Å²) in [5.41, 5.74) is 1.34. The first-order valence-corrected chi connectivity index (χ1v) is 11.1. The molecule has 0 aromatic carbocycles. The van der Waals surface area contributed by atoms with Crippen molar-refractivity contribution in [2.45, 2.75) is 18.7 Å². The summed E-state index contributed by atoms with van der Waals surface area (Å²) in [6, 6.07) is 5.88. The first kappa shape index (κ1) is 20.1. The first-order valence-electron chi connectivity index (χ1n) is 9.61. The summed E-state index contributed by atoms with van der Waals surface area (Å²) in [6.45, 7) is 6.54. The molecule has 0 atom stereocenters. The molecule has 1 fully saturated rings. The van der Waals surface area contributed by atoms with E-state index in [1.54, 1.807) is 31.8 Å². The Labute approximate surface area is 175 Å². The van der Waals surface area contributed by atoms with Gasteiger partial charge in [-0.1, -0.05) is 6.07 Å². The predicted molar refractivity (Wildman–Crippen MR) is 114 cm³/mol. The number of hydrogen-bond acceptors (Lipinski definition) is 8. The maximum atomic E-state index is 12.8. The largest absolute Gasteiger partial charge is 0.353 e. The van der Waals surface area contributed by atoms with Crippen LogP contribution in [0.25, 0.3) is 0 Å². The molecule has 11 heteroatoms. The van der Waals surface area contributed by atoms with Gasteiger partial charge in [0.1, 0.15) is 10.7 Å². The molecule has 4 heterocycles. The molecular weight excluding hydrogens is 404 g/mol. The molecule has 0 saturated carbocycles. The number of rotatable bonds is 5. The van der Waals surface area contributed by atoms with Gasteiger partial charge < -0.3 is 9.80 Å². The van der Waals surface area contributed by atoms with Crippen LogP contribution >= 0.6 is 0 Å². The molecule has 1 N–H and O–H groups in total. The Hall–Kier alpha value is -3.21. The summed E-state index contributed by atoms with van der Waals surface area (Å²) >= 11 is 0. The number of anilines is 3. The van der Waals surface area contributed by atoms with Crippen molar-refractivity contribution in [3.63, 3.8) is 0 Å². The normalized spacial score (nSPS) is 14.8. The summed E-state index contributed by atoms with van der Waals surface area (Å²) in [7, 11) is -2.05. The lowest BCUT2D eigenvalue weighted by Gasteiger charge is -2.35. The van der Waals surface area contributed by atoms with Crippen molar-refractivity contribution in [2.75, 3.05) is 40.7 Å². The number of pyridine rings is 1. The molecule has 3 aromatic heterocycles. The molecule has 1 aliphatic heterocycles. The van der Waals surface area contributed by atoms with Crippen molar-refractivity contribution in [2.24, 2.45) is 7.05 Å². The van der Waals surface area contributed by atoms with Gasteiger partial charge in [0.2, 0.25) is 5.95 Å². The fraction of sp³-hybridized carbons (Fsp3) is 0.368. The minimum atomic E-state index is -3.77. The fourth-order valence-corrected chi connectivity index (χ4v) is 5.03. The topological polar surface area (TPSA) is 109 Å². The molecule has 0 amide bonds. The quantitative estimate of drug-likeness (QED) is 0.649. The van der Waals surface area contributed by atoms with E-state index in [-0.39, 0.29) is 4.90 Å². The number of aryl methyl sites for hydroxylation is 2. The average molecular weight is 429 g/mol. The number of nitrogens with zero attached hydrogens (tertiary/aromatic N) is 7. The summed E-state index contributed by atoms with van der Waals surface area (Å²) in [5, 5.41) is 4.17. The van der Waals surface area contributed by atoms with Gasteiger partial charge in [-0.15, -0.1) is 0 Å². The predicted octanol–water partition coefficient (Wildman–Crippen LogP) is 1.35. The number of hydrogen-bond donors (Lipinski definition) is 1.